The van der Waals surface area contributed by atoms with Crippen LogP contribution in [0.5, 0.6) is 0 Å². The highest BCUT2D eigenvalue weighted by molar-refractivity contribution is 5.61. The van der Waals surface area contributed by atoms with Gasteiger partial charge in [-0.15, -0.1) is 0 Å². The molecule has 36 heavy (non-hydrogen) atoms. The fourth-order valence-electron chi connectivity index (χ4n) is 4.73. The summed E-state index contributed by atoms with van der Waals surface area (Å²) < 4.78 is 12.1. The van der Waals surface area contributed by atoms with E-state index >= 15 is 0 Å². The van der Waals surface area contributed by atoms with Gasteiger partial charge in [0.2, 0.25) is 0 Å². The number of hydrogen-bond acceptors (Lipinski definition) is 3. The Bertz CT molecular complexity index is 1080. The third-order valence-electron chi connectivity index (χ3n) is 6.54. The minimum atomic E-state index is -0.641. The van der Waals surface area contributed by atoms with E-state index in [1.165, 1.54) is 11.1 Å². The zero-order valence-corrected chi connectivity index (χ0v) is 21.0. The van der Waals surface area contributed by atoms with Crippen LogP contribution in [0.1, 0.15) is 48.3 Å². The summed E-state index contributed by atoms with van der Waals surface area (Å²) in [4.78, 5) is 13.3. The number of hydrogen-bond donors (Lipinski definition) is 0. The number of carbonyl (C=O) groups is 1. The Morgan fingerprint density at radius 3 is 1.17 bits per heavy atom. The van der Waals surface area contributed by atoms with Gasteiger partial charge in [0.1, 0.15) is 12.2 Å². The first-order chi connectivity index (χ1) is 17.6. The summed E-state index contributed by atoms with van der Waals surface area (Å²) in [5.74, 6) is 0.138. The van der Waals surface area contributed by atoms with Crippen molar-refractivity contribution in [3.8, 4) is 0 Å². The second kappa shape index (κ2) is 12.7. The molecule has 4 aromatic carbocycles. The molecule has 3 nitrogen and oxygen atoms in total. The van der Waals surface area contributed by atoms with Crippen LogP contribution >= 0.6 is 0 Å². The Hall–Kier alpha value is -3.85. The quantitative estimate of drug-likeness (QED) is 0.215. The van der Waals surface area contributed by atoms with Crippen LogP contribution in [0.25, 0.3) is 0 Å². The molecule has 0 bridgehead atoms. The van der Waals surface area contributed by atoms with Crippen LogP contribution in [-0.4, -0.2) is 6.16 Å². The summed E-state index contributed by atoms with van der Waals surface area (Å²) in [7, 11) is 0. The summed E-state index contributed by atoms with van der Waals surface area (Å²) in [5.41, 5.74) is 4.35. The van der Waals surface area contributed by atoms with Crippen molar-refractivity contribution >= 4 is 6.16 Å². The van der Waals surface area contributed by atoms with Crippen LogP contribution < -0.4 is 0 Å². The molecule has 0 aliphatic rings. The standard InChI is InChI=1S/C33H34O3/c1-25(23-27-15-7-3-8-16-27)31(29-19-11-5-12-20-29)35-33(34)36-32(30-21-13-6-14-22-30)26(2)24-28-17-9-4-10-18-28/h3-22,25-26,31-32H,23-24H2,1-2H3. The lowest BCUT2D eigenvalue weighted by atomic mass is 9.91. The molecule has 0 fully saturated rings. The van der Waals surface area contributed by atoms with Crippen molar-refractivity contribution in [1.82, 2.24) is 0 Å². The van der Waals surface area contributed by atoms with Gasteiger partial charge in [-0.2, -0.15) is 0 Å². The van der Waals surface area contributed by atoms with Crippen molar-refractivity contribution in [2.75, 3.05) is 0 Å². The first-order valence-corrected chi connectivity index (χ1v) is 12.6. The monoisotopic (exact) mass is 478 g/mol. The van der Waals surface area contributed by atoms with E-state index < -0.39 is 18.4 Å². The van der Waals surface area contributed by atoms with Gasteiger partial charge in [-0.3, -0.25) is 0 Å². The van der Waals surface area contributed by atoms with Crippen molar-refractivity contribution in [3.63, 3.8) is 0 Å². The van der Waals surface area contributed by atoms with E-state index in [0.717, 1.165) is 24.0 Å². The van der Waals surface area contributed by atoms with E-state index in [1.54, 1.807) is 0 Å². The van der Waals surface area contributed by atoms with Crippen molar-refractivity contribution in [3.05, 3.63) is 144 Å². The van der Waals surface area contributed by atoms with Gasteiger partial charge in [0.25, 0.3) is 0 Å². The highest BCUT2D eigenvalue weighted by Crippen LogP contribution is 2.33. The Labute approximate surface area is 214 Å². The molecule has 0 spiro atoms. The molecule has 0 heterocycles. The summed E-state index contributed by atoms with van der Waals surface area (Å²) in [5, 5.41) is 0. The van der Waals surface area contributed by atoms with Gasteiger partial charge < -0.3 is 9.47 Å². The van der Waals surface area contributed by atoms with Crippen LogP contribution in [0, 0.1) is 11.8 Å². The van der Waals surface area contributed by atoms with Gasteiger partial charge in [-0.1, -0.05) is 135 Å². The van der Waals surface area contributed by atoms with E-state index in [0.29, 0.717) is 0 Å². The first-order valence-electron chi connectivity index (χ1n) is 12.6. The number of rotatable bonds is 10. The largest absolute Gasteiger partial charge is 0.509 e. The number of carbonyl (C=O) groups excluding carboxylic acids is 1. The zero-order chi connectivity index (χ0) is 25.2. The molecular formula is C33H34O3. The average Bonchev–Trinajstić information content (AvgIpc) is 2.92. The van der Waals surface area contributed by atoms with E-state index in [4.69, 9.17) is 9.47 Å². The maximum atomic E-state index is 13.3. The third-order valence-corrected chi connectivity index (χ3v) is 6.54. The SMILES string of the molecule is CC(Cc1ccccc1)C(OC(=O)OC(c1ccccc1)C(C)Cc1ccccc1)c1ccccc1. The number of ether oxygens (including phenoxy) is 2. The molecule has 0 saturated heterocycles. The summed E-state index contributed by atoms with van der Waals surface area (Å²) in [6.45, 7) is 4.23. The summed E-state index contributed by atoms with van der Waals surface area (Å²) in [6, 6.07) is 40.4. The van der Waals surface area contributed by atoms with Gasteiger partial charge in [0.05, 0.1) is 0 Å². The fourth-order valence-corrected chi connectivity index (χ4v) is 4.73. The Morgan fingerprint density at radius 1 is 0.528 bits per heavy atom. The molecule has 0 aromatic heterocycles. The van der Waals surface area contributed by atoms with Crippen LogP contribution in [0.2, 0.25) is 0 Å². The molecule has 3 heteroatoms. The molecule has 4 rings (SSSR count). The van der Waals surface area contributed by atoms with E-state index in [9.17, 15) is 4.79 Å². The van der Waals surface area contributed by atoms with Crippen LogP contribution in [-0.2, 0) is 22.3 Å². The minimum Gasteiger partial charge on any atom is -0.426 e. The van der Waals surface area contributed by atoms with Crippen LogP contribution in [0.4, 0.5) is 4.79 Å². The molecule has 0 amide bonds. The lowest BCUT2D eigenvalue weighted by Gasteiger charge is -2.28. The van der Waals surface area contributed by atoms with Crippen molar-refractivity contribution in [2.45, 2.75) is 38.9 Å². The normalized spacial score (nSPS) is 14.3. The van der Waals surface area contributed by atoms with Gasteiger partial charge in [-0.05, 0) is 35.1 Å². The molecule has 4 atom stereocenters. The lowest BCUT2D eigenvalue weighted by Crippen LogP contribution is -2.24. The number of benzene rings is 4. The van der Waals surface area contributed by atoms with E-state index in [2.05, 4.69) is 38.1 Å². The summed E-state index contributed by atoms with van der Waals surface area (Å²) in [6.07, 6.45) is 0.109. The van der Waals surface area contributed by atoms with Gasteiger partial charge >= 0.3 is 6.16 Å². The molecule has 0 aliphatic carbocycles. The maximum absolute atomic E-state index is 13.3. The minimum absolute atomic E-state index is 0.0688. The Morgan fingerprint density at radius 2 is 0.833 bits per heavy atom. The highest BCUT2D eigenvalue weighted by Gasteiger charge is 2.29. The smallest absolute Gasteiger partial charge is 0.426 e. The predicted molar refractivity (Wildman–Crippen MR) is 145 cm³/mol. The maximum Gasteiger partial charge on any atom is 0.509 e. The van der Waals surface area contributed by atoms with Crippen molar-refractivity contribution in [1.29, 1.82) is 0 Å². The fraction of sp³-hybridized carbons (Fsp3) is 0.242. The zero-order valence-electron chi connectivity index (χ0n) is 21.0. The molecule has 0 N–H and O–H groups in total. The van der Waals surface area contributed by atoms with Gasteiger partial charge in [0.15, 0.2) is 0 Å². The van der Waals surface area contributed by atoms with Gasteiger partial charge in [0, 0.05) is 11.8 Å². The first kappa shape index (κ1) is 25.2. The Kier molecular flexibility index (Phi) is 8.93. The topological polar surface area (TPSA) is 35.5 Å². The predicted octanol–water partition coefficient (Wildman–Crippen LogP) is 8.38. The lowest BCUT2D eigenvalue weighted by molar-refractivity contribution is -0.0304. The Balaban J connectivity index is 1.52. The molecular weight excluding hydrogens is 444 g/mol. The van der Waals surface area contributed by atoms with E-state index in [1.807, 2.05) is 97.1 Å². The molecule has 0 saturated carbocycles. The van der Waals surface area contributed by atoms with Crippen molar-refractivity contribution < 1.29 is 14.3 Å². The molecule has 184 valence electrons. The molecule has 0 aliphatic heterocycles. The third kappa shape index (κ3) is 7.08. The second-order valence-corrected chi connectivity index (χ2v) is 9.48. The van der Waals surface area contributed by atoms with Crippen LogP contribution in [0.15, 0.2) is 121 Å². The van der Waals surface area contributed by atoms with Gasteiger partial charge in [-0.25, -0.2) is 4.79 Å². The highest BCUT2D eigenvalue weighted by atomic mass is 16.7. The van der Waals surface area contributed by atoms with Crippen LogP contribution in [0.3, 0.4) is 0 Å². The molecule has 0 radical (unpaired) electrons. The molecule has 4 unspecified atom stereocenters. The summed E-state index contributed by atoms with van der Waals surface area (Å²) >= 11 is 0. The van der Waals surface area contributed by atoms with Crippen molar-refractivity contribution in [2.24, 2.45) is 11.8 Å². The van der Waals surface area contributed by atoms with E-state index in [-0.39, 0.29) is 11.8 Å². The second-order valence-electron chi connectivity index (χ2n) is 9.48. The molecule has 4 aromatic rings. The average molecular weight is 479 g/mol.